The first-order chi connectivity index (χ1) is 17.4. The van der Waals surface area contributed by atoms with Crippen molar-refractivity contribution in [2.45, 2.75) is 24.5 Å². The zero-order chi connectivity index (χ0) is 25.2. The molecule has 8 nitrogen and oxygen atoms in total. The van der Waals surface area contributed by atoms with Crippen LogP contribution in [0.5, 0.6) is 0 Å². The molecule has 36 heavy (non-hydrogen) atoms. The molecule has 3 aromatic carbocycles. The van der Waals surface area contributed by atoms with E-state index in [0.29, 0.717) is 16.5 Å². The minimum Gasteiger partial charge on any atom is -0.477 e. The number of fused-ring (bicyclic) bond motifs is 4. The molecule has 184 valence electrons. The number of benzene rings is 3. The highest BCUT2D eigenvalue weighted by atomic mass is 16.5. The third-order valence-electron chi connectivity index (χ3n) is 6.64. The average Bonchev–Trinajstić information content (AvgIpc) is 3.46. The number of carbonyl (C=O) groups excluding carboxylic acids is 1. The first-order valence-corrected chi connectivity index (χ1v) is 11.7. The number of aromatic carboxylic acids is 1. The molecule has 1 aliphatic rings. The quantitative estimate of drug-likeness (QED) is 0.254. The van der Waals surface area contributed by atoms with Crippen LogP contribution in [0.25, 0.3) is 22.0 Å². The Morgan fingerprint density at radius 1 is 0.944 bits per heavy atom. The minimum atomic E-state index is -1.20. The largest absolute Gasteiger partial charge is 0.477 e. The van der Waals surface area contributed by atoms with Gasteiger partial charge >= 0.3 is 12.1 Å². The number of carboxylic acid groups (broad SMARTS) is 1. The SMILES string of the molecule is O=C(NCCC(O)C(O)c1ccc2cc(C(=O)O)[nH]c2c1)OCC1c2ccccc2-c2ccccc21. The first kappa shape index (κ1) is 23.6. The fourth-order valence-corrected chi connectivity index (χ4v) is 4.80. The summed E-state index contributed by atoms with van der Waals surface area (Å²) in [4.78, 5) is 26.2. The summed E-state index contributed by atoms with van der Waals surface area (Å²) >= 11 is 0. The maximum Gasteiger partial charge on any atom is 0.407 e. The minimum absolute atomic E-state index is 0.0416. The number of hydrogen-bond donors (Lipinski definition) is 5. The Labute approximate surface area is 207 Å². The zero-order valence-corrected chi connectivity index (χ0v) is 19.3. The van der Waals surface area contributed by atoms with Crippen molar-refractivity contribution in [1.29, 1.82) is 0 Å². The number of carbonyl (C=O) groups is 2. The topological polar surface area (TPSA) is 132 Å². The van der Waals surface area contributed by atoms with Crippen LogP contribution in [0.1, 0.15) is 45.6 Å². The number of ether oxygens (including phenoxy) is 1. The maximum absolute atomic E-state index is 12.3. The molecule has 8 heteroatoms. The highest BCUT2D eigenvalue weighted by Gasteiger charge is 2.29. The highest BCUT2D eigenvalue weighted by molar-refractivity contribution is 5.93. The fraction of sp³-hybridized carbons (Fsp3) is 0.214. The van der Waals surface area contributed by atoms with Crippen LogP contribution >= 0.6 is 0 Å². The van der Waals surface area contributed by atoms with E-state index in [2.05, 4.69) is 22.4 Å². The number of rotatable bonds is 8. The number of aliphatic hydroxyl groups excluding tert-OH is 2. The van der Waals surface area contributed by atoms with E-state index in [1.165, 1.54) is 6.07 Å². The lowest BCUT2D eigenvalue weighted by Crippen LogP contribution is -2.30. The molecule has 1 heterocycles. The number of nitrogens with one attached hydrogen (secondary N) is 2. The fourth-order valence-electron chi connectivity index (χ4n) is 4.80. The Hall–Kier alpha value is -4.14. The summed E-state index contributed by atoms with van der Waals surface area (Å²) in [7, 11) is 0. The monoisotopic (exact) mass is 486 g/mol. The van der Waals surface area contributed by atoms with Crippen LogP contribution in [-0.2, 0) is 4.74 Å². The van der Waals surface area contributed by atoms with Crippen molar-refractivity contribution >= 4 is 23.0 Å². The van der Waals surface area contributed by atoms with Gasteiger partial charge in [0.05, 0.1) is 6.10 Å². The molecule has 2 atom stereocenters. The van der Waals surface area contributed by atoms with E-state index in [1.54, 1.807) is 18.2 Å². The van der Waals surface area contributed by atoms with Gasteiger partial charge in [-0.2, -0.15) is 0 Å². The zero-order valence-electron chi connectivity index (χ0n) is 19.3. The van der Waals surface area contributed by atoms with Gasteiger partial charge < -0.3 is 30.4 Å². The van der Waals surface area contributed by atoms with Crippen molar-refractivity contribution in [1.82, 2.24) is 10.3 Å². The van der Waals surface area contributed by atoms with Crippen molar-refractivity contribution in [2.75, 3.05) is 13.2 Å². The van der Waals surface area contributed by atoms with Crippen LogP contribution in [0.2, 0.25) is 0 Å². The molecule has 4 aromatic rings. The second kappa shape index (κ2) is 9.85. The normalized spacial score (nSPS) is 14.2. The van der Waals surface area contributed by atoms with Crippen molar-refractivity contribution in [3.63, 3.8) is 0 Å². The lowest BCUT2D eigenvalue weighted by atomic mass is 9.98. The second-order valence-electron chi connectivity index (χ2n) is 8.89. The van der Waals surface area contributed by atoms with E-state index in [0.717, 1.165) is 22.3 Å². The third-order valence-corrected chi connectivity index (χ3v) is 6.64. The summed E-state index contributed by atoms with van der Waals surface area (Å²) in [6.45, 7) is 0.308. The summed E-state index contributed by atoms with van der Waals surface area (Å²) < 4.78 is 5.49. The van der Waals surface area contributed by atoms with Gasteiger partial charge in [-0.3, -0.25) is 0 Å². The van der Waals surface area contributed by atoms with Gasteiger partial charge in [-0.15, -0.1) is 0 Å². The number of aliphatic hydroxyl groups is 2. The lowest BCUT2D eigenvalue weighted by molar-refractivity contribution is 0.0137. The third kappa shape index (κ3) is 4.56. The standard InChI is InChI=1S/C28H26N2O6/c31-25(26(32)17-10-9-16-13-24(27(33)34)30-23(16)14-17)11-12-29-28(35)36-15-22-20-7-3-1-5-18(20)19-6-2-4-8-21(19)22/h1-10,13-14,22,25-26,30-32H,11-12,15H2,(H,29,35)(H,33,34). The number of H-pyrrole nitrogens is 1. The van der Waals surface area contributed by atoms with Crippen molar-refractivity contribution in [2.24, 2.45) is 0 Å². The molecule has 0 bridgehead atoms. The van der Waals surface area contributed by atoms with Crippen LogP contribution in [0, 0.1) is 0 Å². The van der Waals surface area contributed by atoms with E-state index in [4.69, 9.17) is 9.84 Å². The molecule has 0 saturated carbocycles. The second-order valence-corrected chi connectivity index (χ2v) is 8.89. The van der Waals surface area contributed by atoms with Crippen molar-refractivity contribution in [3.05, 3.63) is 95.2 Å². The van der Waals surface area contributed by atoms with Crippen LogP contribution in [0.3, 0.4) is 0 Å². The van der Waals surface area contributed by atoms with E-state index < -0.39 is 24.3 Å². The number of amides is 1. The Bertz CT molecular complexity index is 1380. The molecule has 5 N–H and O–H groups in total. The van der Waals surface area contributed by atoms with Gasteiger partial charge in [-0.05, 0) is 46.4 Å². The molecule has 0 saturated heterocycles. The smallest absolute Gasteiger partial charge is 0.407 e. The number of carboxylic acids is 1. The predicted octanol–water partition coefficient (Wildman–Crippen LogP) is 4.19. The van der Waals surface area contributed by atoms with Crippen LogP contribution < -0.4 is 5.32 Å². The van der Waals surface area contributed by atoms with Crippen LogP contribution in [0.15, 0.2) is 72.8 Å². The van der Waals surface area contributed by atoms with E-state index in [-0.39, 0.29) is 31.2 Å². The number of alkyl carbamates (subject to hydrolysis) is 1. The van der Waals surface area contributed by atoms with Gasteiger partial charge in [-0.25, -0.2) is 9.59 Å². The molecule has 1 amide bonds. The van der Waals surface area contributed by atoms with Crippen molar-refractivity contribution in [3.8, 4) is 11.1 Å². The molecule has 1 aromatic heterocycles. The Balaban J connectivity index is 1.13. The number of aromatic nitrogens is 1. The van der Waals surface area contributed by atoms with Gasteiger partial charge in [0.15, 0.2) is 0 Å². The first-order valence-electron chi connectivity index (χ1n) is 11.7. The van der Waals surface area contributed by atoms with E-state index in [9.17, 15) is 19.8 Å². The molecule has 0 spiro atoms. The number of hydrogen-bond acceptors (Lipinski definition) is 5. The highest BCUT2D eigenvalue weighted by Crippen LogP contribution is 2.44. The van der Waals surface area contributed by atoms with Gasteiger partial charge in [0.25, 0.3) is 0 Å². The predicted molar refractivity (Wildman–Crippen MR) is 134 cm³/mol. The molecule has 0 fully saturated rings. The van der Waals surface area contributed by atoms with Gasteiger partial charge in [0.2, 0.25) is 0 Å². The van der Waals surface area contributed by atoms with E-state index in [1.807, 2.05) is 36.4 Å². The average molecular weight is 487 g/mol. The van der Waals surface area contributed by atoms with Gasteiger partial charge in [0, 0.05) is 23.4 Å². The summed E-state index contributed by atoms with van der Waals surface area (Å²) in [5.41, 5.74) is 5.58. The summed E-state index contributed by atoms with van der Waals surface area (Å²) in [6.07, 6.45) is -2.82. The molecular weight excluding hydrogens is 460 g/mol. The van der Waals surface area contributed by atoms with Crippen molar-refractivity contribution < 1.29 is 29.6 Å². The summed E-state index contributed by atoms with van der Waals surface area (Å²) in [6, 6.07) is 22.6. The maximum atomic E-state index is 12.3. The molecule has 0 aliphatic heterocycles. The molecule has 2 unspecified atom stereocenters. The Morgan fingerprint density at radius 2 is 1.61 bits per heavy atom. The Kier molecular flexibility index (Phi) is 6.45. The molecule has 5 rings (SSSR count). The Morgan fingerprint density at radius 3 is 2.28 bits per heavy atom. The summed E-state index contributed by atoms with van der Waals surface area (Å²) in [5.74, 6) is -1.12. The molecular formula is C28H26N2O6. The molecule has 0 radical (unpaired) electrons. The van der Waals surface area contributed by atoms with Crippen LogP contribution in [0.4, 0.5) is 4.79 Å². The van der Waals surface area contributed by atoms with Crippen LogP contribution in [-0.4, -0.2) is 51.6 Å². The van der Waals surface area contributed by atoms with E-state index >= 15 is 0 Å². The van der Waals surface area contributed by atoms with Gasteiger partial charge in [0.1, 0.15) is 18.4 Å². The number of aromatic amines is 1. The molecule has 1 aliphatic carbocycles. The lowest BCUT2D eigenvalue weighted by Gasteiger charge is -2.19. The van der Waals surface area contributed by atoms with Gasteiger partial charge in [-0.1, -0.05) is 60.7 Å². The summed E-state index contributed by atoms with van der Waals surface area (Å²) in [5, 5.41) is 33.4.